The second-order valence-corrected chi connectivity index (χ2v) is 8.93. The van der Waals surface area contributed by atoms with Gasteiger partial charge in [-0.1, -0.05) is 102 Å². The van der Waals surface area contributed by atoms with Gasteiger partial charge in [-0.05, 0) is 98.2 Å². The molecule has 0 bridgehead atoms. The van der Waals surface area contributed by atoms with Gasteiger partial charge < -0.3 is 5.73 Å². The summed E-state index contributed by atoms with van der Waals surface area (Å²) in [5, 5.41) is 0.724. The van der Waals surface area contributed by atoms with Crippen molar-refractivity contribution < 1.29 is 0 Å². The van der Waals surface area contributed by atoms with E-state index in [0.717, 1.165) is 34.8 Å². The number of nitrogens with two attached hydrogens (primary N) is 1. The minimum absolute atomic E-state index is 0.724. The van der Waals surface area contributed by atoms with E-state index in [1.165, 1.54) is 34.2 Å². The number of unbranched alkanes of at least 4 members (excludes halogenated alkanes) is 1. The molecule has 3 aromatic rings. The van der Waals surface area contributed by atoms with Gasteiger partial charge in [-0.2, -0.15) is 0 Å². The van der Waals surface area contributed by atoms with Crippen LogP contribution < -0.4 is 5.73 Å². The molecule has 0 aliphatic carbocycles. The van der Waals surface area contributed by atoms with E-state index in [9.17, 15) is 0 Å². The van der Waals surface area contributed by atoms with Crippen molar-refractivity contribution in [3.8, 4) is 0 Å². The standard InChI is InChI=1S/C15H20ClN.C9H11N.C8H11N.2C2H6/c1-5-7-8-11(3)13-9-12(4)15(17-6-2)14(16)10-13;1-8-5-3-4-6-9(8)7-10-2;1-2-7-3-5-8(9)6-4-7;2*1-2/h6,8-10H,5,7H2,1-4H3;3-7H,1-2H3;3-6H,2,9H2,1H3;2*1-2H3/b11-8+,17-6?;;;;. The molecule has 0 radical (unpaired) electrons. The van der Waals surface area contributed by atoms with Crippen LogP contribution in [0.1, 0.15) is 96.0 Å². The first-order valence-electron chi connectivity index (χ1n) is 14.5. The predicted molar refractivity (Wildman–Crippen MR) is 186 cm³/mol. The monoisotopic (exact) mass is 563 g/mol. The van der Waals surface area contributed by atoms with Crippen LogP contribution in [0.25, 0.3) is 5.57 Å². The lowest BCUT2D eigenvalue weighted by molar-refractivity contribution is 0.959. The van der Waals surface area contributed by atoms with Gasteiger partial charge in [0.15, 0.2) is 0 Å². The predicted octanol–water partition coefficient (Wildman–Crippen LogP) is 11.5. The molecule has 3 rings (SSSR count). The van der Waals surface area contributed by atoms with Crippen LogP contribution >= 0.6 is 11.6 Å². The van der Waals surface area contributed by atoms with Crippen LogP contribution in [-0.2, 0) is 6.42 Å². The minimum Gasteiger partial charge on any atom is -0.399 e. The summed E-state index contributed by atoms with van der Waals surface area (Å²) < 4.78 is 0. The number of anilines is 1. The molecular weight excluding hydrogens is 510 g/mol. The molecule has 0 fully saturated rings. The number of hydrogen-bond donors (Lipinski definition) is 1. The van der Waals surface area contributed by atoms with Crippen LogP contribution in [0.2, 0.25) is 5.02 Å². The maximum Gasteiger partial charge on any atom is 0.0841 e. The quantitative estimate of drug-likeness (QED) is 0.235. The van der Waals surface area contributed by atoms with Gasteiger partial charge in [-0.15, -0.1) is 0 Å². The first-order chi connectivity index (χ1) is 19.3. The molecule has 3 nitrogen and oxygen atoms in total. The second kappa shape index (κ2) is 24.8. The summed E-state index contributed by atoms with van der Waals surface area (Å²) in [6.07, 6.45) is 9.26. The summed E-state index contributed by atoms with van der Waals surface area (Å²) in [6, 6.07) is 20.3. The topological polar surface area (TPSA) is 50.7 Å². The molecule has 0 saturated carbocycles. The first-order valence-corrected chi connectivity index (χ1v) is 14.9. The summed E-state index contributed by atoms with van der Waals surface area (Å²) in [7, 11) is 1.78. The first kappa shape index (κ1) is 39.0. The zero-order valence-corrected chi connectivity index (χ0v) is 27.7. The summed E-state index contributed by atoms with van der Waals surface area (Å²) in [5.41, 5.74) is 14.6. The largest absolute Gasteiger partial charge is 0.399 e. The lowest BCUT2D eigenvalue weighted by Gasteiger charge is -2.08. The molecule has 0 aliphatic heterocycles. The number of rotatable bonds is 6. The highest BCUT2D eigenvalue weighted by Gasteiger charge is 2.06. The van der Waals surface area contributed by atoms with Crippen molar-refractivity contribution >= 4 is 41.0 Å². The third-order valence-corrected chi connectivity index (χ3v) is 5.84. The van der Waals surface area contributed by atoms with E-state index in [-0.39, 0.29) is 0 Å². The Morgan fingerprint density at radius 2 is 1.50 bits per heavy atom. The van der Waals surface area contributed by atoms with E-state index >= 15 is 0 Å². The summed E-state index contributed by atoms with van der Waals surface area (Å²) in [5.74, 6) is 0. The van der Waals surface area contributed by atoms with E-state index in [2.05, 4.69) is 74.1 Å². The Bertz CT molecular complexity index is 1120. The Labute approximate surface area is 251 Å². The SMILES string of the molecule is CC.CC.CC=Nc1c(C)cc(/C(C)=C/CCC)cc1Cl.CCc1ccc(N)cc1.CN=Cc1ccccc1C. The van der Waals surface area contributed by atoms with Crippen molar-refractivity contribution in [3.05, 3.63) is 99.6 Å². The van der Waals surface area contributed by atoms with Crippen LogP contribution in [0.4, 0.5) is 11.4 Å². The van der Waals surface area contributed by atoms with Gasteiger partial charge in [-0.3, -0.25) is 9.98 Å². The number of halogens is 1. The maximum absolute atomic E-state index is 6.25. The van der Waals surface area contributed by atoms with Gasteiger partial charge in [0.25, 0.3) is 0 Å². The summed E-state index contributed by atoms with van der Waals surface area (Å²) in [4.78, 5) is 8.23. The molecule has 0 amide bonds. The molecule has 0 saturated heterocycles. The highest BCUT2D eigenvalue weighted by Crippen LogP contribution is 2.32. The van der Waals surface area contributed by atoms with Crippen molar-refractivity contribution in [2.45, 2.75) is 88.5 Å². The van der Waals surface area contributed by atoms with Gasteiger partial charge in [0, 0.05) is 25.2 Å². The molecule has 0 spiro atoms. The molecule has 0 atom stereocenters. The average Bonchev–Trinajstić information content (AvgIpc) is 2.98. The molecule has 40 heavy (non-hydrogen) atoms. The fraction of sp³-hybridized carbons (Fsp3) is 0.389. The third-order valence-electron chi connectivity index (χ3n) is 5.55. The lowest BCUT2D eigenvalue weighted by Crippen LogP contribution is -1.85. The smallest absolute Gasteiger partial charge is 0.0841 e. The van der Waals surface area contributed by atoms with Crippen molar-refractivity contribution in [2.24, 2.45) is 9.98 Å². The zero-order chi connectivity index (χ0) is 30.9. The van der Waals surface area contributed by atoms with Crippen molar-refractivity contribution in [3.63, 3.8) is 0 Å². The molecule has 2 N–H and O–H groups in total. The van der Waals surface area contributed by atoms with Gasteiger partial charge >= 0.3 is 0 Å². The fourth-order valence-electron chi connectivity index (χ4n) is 3.36. The Morgan fingerprint density at radius 1 is 0.900 bits per heavy atom. The molecule has 0 aliphatic rings. The van der Waals surface area contributed by atoms with E-state index < -0.39 is 0 Å². The van der Waals surface area contributed by atoms with Crippen LogP contribution in [-0.4, -0.2) is 19.5 Å². The molecule has 220 valence electrons. The number of aryl methyl sites for hydroxylation is 3. The average molecular weight is 564 g/mol. The lowest BCUT2D eigenvalue weighted by atomic mass is 10.0. The number of allylic oxidation sites excluding steroid dienone is 2. The Morgan fingerprint density at radius 3 is 1.98 bits per heavy atom. The van der Waals surface area contributed by atoms with Crippen LogP contribution in [0, 0.1) is 13.8 Å². The maximum atomic E-state index is 6.25. The van der Waals surface area contributed by atoms with Crippen LogP contribution in [0.3, 0.4) is 0 Å². The van der Waals surface area contributed by atoms with Crippen LogP contribution in [0.15, 0.2) is 76.7 Å². The normalized spacial score (nSPS) is 10.3. The fourth-order valence-corrected chi connectivity index (χ4v) is 3.67. The van der Waals surface area contributed by atoms with Crippen molar-refractivity contribution in [2.75, 3.05) is 12.8 Å². The third kappa shape index (κ3) is 16.1. The van der Waals surface area contributed by atoms with Crippen molar-refractivity contribution in [1.82, 2.24) is 0 Å². The number of benzene rings is 3. The minimum atomic E-state index is 0.724. The van der Waals surface area contributed by atoms with Crippen LogP contribution in [0.5, 0.6) is 0 Å². The highest BCUT2D eigenvalue weighted by molar-refractivity contribution is 6.33. The molecule has 4 heteroatoms. The van der Waals surface area contributed by atoms with Gasteiger partial charge in [0.2, 0.25) is 0 Å². The molecular formula is C36H54ClN3. The number of nitrogens with zero attached hydrogens (tertiary/aromatic N) is 2. The molecule has 0 heterocycles. The van der Waals surface area contributed by atoms with Gasteiger partial charge in [0.1, 0.15) is 0 Å². The Hall–Kier alpha value is -3.17. The highest BCUT2D eigenvalue weighted by atomic mass is 35.5. The van der Waals surface area contributed by atoms with Crippen molar-refractivity contribution in [1.29, 1.82) is 0 Å². The zero-order valence-electron chi connectivity index (χ0n) is 27.0. The summed E-state index contributed by atoms with van der Waals surface area (Å²) in [6.45, 7) is 20.5. The van der Waals surface area contributed by atoms with E-state index in [0.29, 0.717) is 0 Å². The Balaban J connectivity index is 0. The molecule has 0 unspecified atom stereocenters. The molecule has 3 aromatic carbocycles. The van der Waals surface area contributed by atoms with E-state index in [1.807, 2.05) is 78.1 Å². The Kier molecular flexibility index (Phi) is 24.2. The summed E-state index contributed by atoms with van der Waals surface area (Å²) >= 11 is 6.25. The van der Waals surface area contributed by atoms with E-state index in [1.54, 1.807) is 13.3 Å². The van der Waals surface area contributed by atoms with Gasteiger partial charge in [0.05, 0.1) is 10.7 Å². The second-order valence-electron chi connectivity index (χ2n) is 8.53. The molecule has 0 aromatic heterocycles. The number of aliphatic imine (C=N–C) groups is 2. The number of hydrogen-bond acceptors (Lipinski definition) is 3. The number of nitrogen functional groups attached to an aromatic ring is 1. The van der Waals surface area contributed by atoms with E-state index in [4.69, 9.17) is 17.3 Å². The van der Waals surface area contributed by atoms with Gasteiger partial charge in [-0.25, -0.2) is 0 Å².